The van der Waals surface area contributed by atoms with E-state index < -0.39 is 6.04 Å². The fourth-order valence-electron chi connectivity index (χ4n) is 3.67. The van der Waals surface area contributed by atoms with E-state index in [0.29, 0.717) is 24.1 Å². The van der Waals surface area contributed by atoms with Crippen LogP contribution in [0.4, 0.5) is 5.69 Å². The lowest BCUT2D eigenvalue weighted by molar-refractivity contribution is -0.123. The molecule has 1 fully saturated rings. The summed E-state index contributed by atoms with van der Waals surface area (Å²) in [6, 6.07) is 20.1. The van der Waals surface area contributed by atoms with Gasteiger partial charge >= 0.3 is 0 Å². The maximum atomic E-state index is 13.0. The molecule has 0 radical (unpaired) electrons. The highest BCUT2D eigenvalue weighted by Gasteiger charge is 2.28. The minimum Gasteiger partial charge on any atom is -0.352 e. The minimum absolute atomic E-state index is 0.0834. The molecule has 1 heterocycles. The summed E-state index contributed by atoms with van der Waals surface area (Å²) in [5.41, 5.74) is 1.94. The SMILES string of the molecule is O=C(CCCc1cccs1)Nc1cccc(C(=O)NC(Cc2ccccc2)C(=O)NC2CC2)c1. The number of rotatable bonds is 11. The largest absolute Gasteiger partial charge is 0.352 e. The zero-order chi connectivity index (χ0) is 23.8. The van der Waals surface area contributed by atoms with Crippen molar-refractivity contribution >= 4 is 34.7 Å². The molecule has 3 amide bonds. The number of carbonyl (C=O) groups excluding carboxylic acids is 3. The Morgan fingerprint density at radius 2 is 1.79 bits per heavy atom. The highest BCUT2D eigenvalue weighted by atomic mass is 32.1. The lowest BCUT2D eigenvalue weighted by Crippen LogP contribution is -2.48. The van der Waals surface area contributed by atoms with Crippen LogP contribution < -0.4 is 16.0 Å². The van der Waals surface area contributed by atoms with E-state index in [4.69, 9.17) is 0 Å². The molecule has 1 saturated carbocycles. The zero-order valence-electron chi connectivity index (χ0n) is 19.0. The Balaban J connectivity index is 1.35. The number of thiophene rings is 1. The number of anilines is 1. The smallest absolute Gasteiger partial charge is 0.252 e. The van der Waals surface area contributed by atoms with Gasteiger partial charge in [-0.2, -0.15) is 0 Å². The molecule has 34 heavy (non-hydrogen) atoms. The van der Waals surface area contributed by atoms with Crippen molar-refractivity contribution in [1.82, 2.24) is 10.6 Å². The summed E-state index contributed by atoms with van der Waals surface area (Å²) < 4.78 is 0. The number of benzene rings is 2. The molecule has 0 aliphatic heterocycles. The Kier molecular flexibility index (Phi) is 8.09. The third-order valence-corrected chi connectivity index (χ3v) is 6.58. The van der Waals surface area contributed by atoms with Gasteiger partial charge in [0.1, 0.15) is 6.04 Å². The highest BCUT2D eigenvalue weighted by Crippen LogP contribution is 2.19. The molecule has 7 heteroatoms. The second-order valence-corrected chi connectivity index (χ2v) is 9.59. The van der Waals surface area contributed by atoms with E-state index in [1.807, 2.05) is 41.8 Å². The monoisotopic (exact) mass is 475 g/mol. The summed E-state index contributed by atoms with van der Waals surface area (Å²) >= 11 is 1.69. The number of carbonyl (C=O) groups is 3. The zero-order valence-corrected chi connectivity index (χ0v) is 19.8. The third kappa shape index (κ3) is 7.28. The molecule has 3 aromatic rings. The van der Waals surface area contributed by atoms with Gasteiger partial charge in [-0.15, -0.1) is 11.3 Å². The molecule has 1 aromatic heterocycles. The number of nitrogens with one attached hydrogen (secondary N) is 3. The first-order valence-electron chi connectivity index (χ1n) is 11.6. The van der Waals surface area contributed by atoms with Crippen LogP contribution in [-0.2, 0) is 22.4 Å². The lowest BCUT2D eigenvalue weighted by Gasteiger charge is -2.19. The van der Waals surface area contributed by atoms with Crippen LogP contribution in [-0.4, -0.2) is 29.8 Å². The van der Waals surface area contributed by atoms with Crippen molar-refractivity contribution in [3.05, 3.63) is 88.1 Å². The summed E-state index contributed by atoms with van der Waals surface area (Å²) in [6.45, 7) is 0. The van der Waals surface area contributed by atoms with Crippen LogP contribution in [0.2, 0.25) is 0 Å². The predicted octanol–water partition coefficient (Wildman–Crippen LogP) is 4.33. The summed E-state index contributed by atoms with van der Waals surface area (Å²) in [5, 5.41) is 10.8. The van der Waals surface area contributed by atoms with Gasteiger partial charge in [0.05, 0.1) is 0 Å². The van der Waals surface area contributed by atoms with Crippen molar-refractivity contribution in [2.75, 3.05) is 5.32 Å². The number of hydrogen-bond donors (Lipinski definition) is 3. The Bertz CT molecular complexity index is 1110. The molecule has 4 rings (SSSR count). The Morgan fingerprint density at radius 3 is 2.53 bits per heavy atom. The molecular formula is C27H29N3O3S. The fourth-order valence-corrected chi connectivity index (χ4v) is 4.42. The maximum absolute atomic E-state index is 13.0. The van der Waals surface area contributed by atoms with Gasteiger partial charge < -0.3 is 16.0 Å². The molecule has 1 unspecified atom stereocenters. The van der Waals surface area contributed by atoms with Gasteiger partial charge in [0.15, 0.2) is 0 Å². The van der Waals surface area contributed by atoms with E-state index in [9.17, 15) is 14.4 Å². The maximum Gasteiger partial charge on any atom is 0.252 e. The summed E-state index contributed by atoms with van der Waals surface area (Å²) in [7, 11) is 0. The molecular weight excluding hydrogens is 446 g/mol. The van der Waals surface area contributed by atoms with Crippen LogP contribution in [0.1, 0.15) is 46.5 Å². The van der Waals surface area contributed by atoms with E-state index in [1.54, 1.807) is 35.6 Å². The van der Waals surface area contributed by atoms with Gasteiger partial charge in [0.25, 0.3) is 5.91 Å². The number of amides is 3. The van der Waals surface area contributed by atoms with Crippen LogP contribution in [0.3, 0.4) is 0 Å². The molecule has 0 saturated heterocycles. The van der Waals surface area contributed by atoms with Gasteiger partial charge in [-0.25, -0.2) is 0 Å². The molecule has 0 bridgehead atoms. The lowest BCUT2D eigenvalue weighted by atomic mass is 10.0. The highest BCUT2D eigenvalue weighted by molar-refractivity contribution is 7.09. The molecule has 1 aliphatic carbocycles. The first-order chi connectivity index (χ1) is 16.6. The number of aryl methyl sites for hydroxylation is 1. The molecule has 1 aliphatic rings. The minimum atomic E-state index is -0.675. The average molecular weight is 476 g/mol. The number of hydrogen-bond acceptors (Lipinski definition) is 4. The van der Waals surface area contributed by atoms with Crippen LogP contribution in [0.5, 0.6) is 0 Å². The fraction of sp³-hybridized carbons (Fsp3) is 0.296. The normalized spacial score (nSPS) is 13.6. The van der Waals surface area contributed by atoms with E-state index >= 15 is 0 Å². The molecule has 6 nitrogen and oxygen atoms in total. The van der Waals surface area contributed by atoms with Crippen molar-refractivity contribution in [2.24, 2.45) is 0 Å². The van der Waals surface area contributed by atoms with Crippen LogP contribution >= 0.6 is 11.3 Å². The van der Waals surface area contributed by atoms with Crippen molar-refractivity contribution < 1.29 is 14.4 Å². The van der Waals surface area contributed by atoms with Crippen molar-refractivity contribution in [3.8, 4) is 0 Å². The second-order valence-electron chi connectivity index (χ2n) is 8.56. The van der Waals surface area contributed by atoms with Crippen LogP contribution in [0.15, 0.2) is 72.1 Å². The van der Waals surface area contributed by atoms with Gasteiger partial charge in [0, 0.05) is 35.0 Å². The molecule has 1 atom stereocenters. The summed E-state index contributed by atoms with van der Waals surface area (Å²) in [4.78, 5) is 39.4. The first kappa shape index (κ1) is 23.7. The predicted molar refractivity (Wildman–Crippen MR) is 135 cm³/mol. The standard InChI is InChI=1S/C27H29N3O3S/c31-25(13-5-11-23-12-6-16-34-23)28-22-10-4-9-20(18-22)26(32)30-24(27(33)29-21-14-15-21)17-19-7-2-1-3-8-19/h1-4,6-10,12,16,18,21,24H,5,11,13-15,17H2,(H,28,31)(H,29,33)(H,30,32). The topological polar surface area (TPSA) is 87.3 Å². The van der Waals surface area contributed by atoms with Gasteiger partial charge in [-0.3, -0.25) is 14.4 Å². The molecule has 0 spiro atoms. The van der Waals surface area contributed by atoms with E-state index in [2.05, 4.69) is 22.0 Å². The molecule has 2 aromatic carbocycles. The Hall–Kier alpha value is -3.45. The van der Waals surface area contributed by atoms with Gasteiger partial charge in [0.2, 0.25) is 11.8 Å². The van der Waals surface area contributed by atoms with Gasteiger partial charge in [-0.1, -0.05) is 42.5 Å². The van der Waals surface area contributed by atoms with Crippen LogP contribution in [0, 0.1) is 0 Å². The quantitative estimate of drug-likeness (QED) is 0.386. The van der Waals surface area contributed by atoms with Crippen molar-refractivity contribution in [2.45, 2.75) is 50.6 Å². The summed E-state index contributed by atoms with van der Waals surface area (Å²) in [5.74, 6) is -0.601. The third-order valence-electron chi connectivity index (χ3n) is 5.64. The van der Waals surface area contributed by atoms with E-state index in [-0.39, 0.29) is 23.8 Å². The van der Waals surface area contributed by atoms with E-state index in [1.165, 1.54) is 4.88 Å². The van der Waals surface area contributed by atoms with Crippen molar-refractivity contribution in [1.29, 1.82) is 0 Å². The van der Waals surface area contributed by atoms with Crippen LogP contribution in [0.25, 0.3) is 0 Å². The molecule has 176 valence electrons. The Labute approximate surface area is 203 Å². The van der Waals surface area contributed by atoms with Crippen molar-refractivity contribution in [3.63, 3.8) is 0 Å². The second kappa shape index (κ2) is 11.6. The first-order valence-corrected chi connectivity index (χ1v) is 12.5. The Morgan fingerprint density at radius 1 is 0.971 bits per heavy atom. The molecule has 3 N–H and O–H groups in total. The average Bonchev–Trinajstić information content (AvgIpc) is 3.50. The van der Waals surface area contributed by atoms with Gasteiger partial charge in [-0.05, 0) is 60.9 Å². The van der Waals surface area contributed by atoms with E-state index in [0.717, 1.165) is 31.2 Å². The summed E-state index contributed by atoms with van der Waals surface area (Å²) in [6.07, 6.45) is 4.42.